The Morgan fingerprint density at radius 3 is 2.68 bits per heavy atom. The van der Waals surface area contributed by atoms with E-state index in [0.29, 0.717) is 5.92 Å². The number of nitrogens with zero attached hydrogens (tertiary/aromatic N) is 1. The van der Waals surface area contributed by atoms with Crippen LogP contribution < -0.4 is 5.32 Å². The maximum absolute atomic E-state index is 11.3. The van der Waals surface area contributed by atoms with E-state index in [4.69, 9.17) is 11.6 Å². The molecule has 0 aromatic heterocycles. The van der Waals surface area contributed by atoms with E-state index in [9.17, 15) is 4.79 Å². The molecular weight excluding hydrogens is 264 g/mol. The van der Waals surface area contributed by atoms with Gasteiger partial charge in [0.1, 0.15) is 0 Å². The summed E-state index contributed by atoms with van der Waals surface area (Å²) in [7, 11) is 3.45. The van der Waals surface area contributed by atoms with Crippen molar-refractivity contribution < 1.29 is 9.53 Å². The Morgan fingerprint density at radius 1 is 1.37 bits per heavy atom. The third kappa shape index (κ3) is 3.85. The van der Waals surface area contributed by atoms with Gasteiger partial charge in [0.25, 0.3) is 0 Å². The van der Waals surface area contributed by atoms with Gasteiger partial charge in [0, 0.05) is 24.2 Å². The monoisotopic (exact) mass is 282 g/mol. The minimum atomic E-state index is -0.366. The van der Waals surface area contributed by atoms with E-state index >= 15 is 0 Å². The van der Waals surface area contributed by atoms with Crippen molar-refractivity contribution in [3.63, 3.8) is 0 Å². The molecule has 0 aliphatic carbocycles. The average molecular weight is 283 g/mol. The SMILES string of the molecule is COC(=O)NC1CC(c2ccc(Cl)cc2)CN(C)C1. The van der Waals surface area contributed by atoms with Gasteiger partial charge in [-0.25, -0.2) is 4.79 Å². The molecule has 0 saturated carbocycles. The third-order valence-corrected chi connectivity index (χ3v) is 3.73. The van der Waals surface area contributed by atoms with Crippen molar-refractivity contribution in [2.24, 2.45) is 0 Å². The average Bonchev–Trinajstić information content (AvgIpc) is 2.38. The topological polar surface area (TPSA) is 41.6 Å². The zero-order chi connectivity index (χ0) is 13.8. The van der Waals surface area contributed by atoms with E-state index in [2.05, 4.69) is 34.1 Å². The van der Waals surface area contributed by atoms with E-state index < -0.39 is 0 Å². The van der Waals surface area contributed by atoms with Crippen LogP contribution in [0.25, 0.3) is 0 Å². The Balaban J connectivity index is 2.05. The first-order valence-corrected chi connectivity index (χ1v) is 6.74. The van der Waals surface area contributed by atoms with E-state index in [1.54, 1.807) is 0 Å². The zero-order valence-corrected chi connectivity index (χ0v) is 12.0. The lowest BCUT2D eigenvalue weighted by Gasteiger charge is -2.36. The fraction of sp³-hybridized carbons (Fsp3) is 0.500. The van der Waals surface area contributed by atoms with Gasteiger partial charge in [-0.3, -0.25) is 0 Å². The maximum Gasteiger partial charge on any atom is 0.407 e. The van der Waals surface area contributed by atoms with Gasteiger partial charge >= 0.3 is 6.09 Å². The summed E-state index contributed by atoms with van der Waals surface area (Å²) < 4.78 is 4.66. The van der Waals surface area contributed by atoms with Crippen molar-refractivity contribution in [2.75, 3.05) is 27.2 Å². The van der Waals surface area contributed by atoms with Gasteiger partial charge in [-0.1, -0.05) is 23.7 Å². The molecule has 2 unspecified atom stereocenters. The van der Waals surface area contributed by atoms with Crippen LogP contribution in [0.3, 0.4) is 0 Å². The largest absolute Gasteiger partial charge is 0.453 e. The van der Waals surface area contributed by atoms with E-state index in [-0.39, 0.29) is 12.1 Å². The number of ether oxygens (including phenoxy) is 1. The van der Waals surface area contributed by atoms with Crippen molar-refractivity contribution in [1.29, 1.82) is 0 Å². The molecule has 1 saturated heterocycles. The molecule has 1 aromatic rings. The van der Waals surface area contributed by atoms with Gasteiger partial charge in [-0.05, 0) is 37.1 Å². The highest BCUT2D eigenvalue weighted by molar-refractivity contribution is 6.30. The number of likely N-dealkylation sites (tertiary alicyclic amines) is 1. The first-order chi connectivity index (χ1) is 9.08. The van der Waals surface area contributed by atoms with Crippen LogP contribution in [-0.4, -0.2) is 44.3 Å². The number of nitrogens with one attached hydrogen (secondary N) is 1. The molecule has 19 heavy (non-hydrogen) atoms. The van der Waals surface area contributed by atoms with Crippen molar-refractivity contribution in [1.82, 2.24) is 10.2 Å². The smallest absolute Gasteiger partial charge is 0.407 e. The summed E-state index contributed by atoms with van der Waals surface area (Å²) >= 11 is 5.91. The van der Waals surface area contributed by atoms with Crippen LogP contribution in [0.15, 0.2) is 24.3 Å². The summed E-state index contributed by atoms with van der Waals surface area (Å²) in [4.78, 5) is 13.5. The molecule has 4 nitrogen and oxygen atoms in total. The minimum Gasteiger partial charge on any atom is -0.453 e. The number of piperidine rings is 1. The molecule has 104 valence electrons. The second kappa shape index (κ2) is 6.26. The number of hydrogen-bond donors (Lipinski definition) is 1. The van der Waals surface area contributed by atoms with Gasteiger partial charge in [-0.2, -0.15) is 0 Å². The van der Waals surface area contributed by atoms with Crippen molar-refractivity contribution in [3.8, 4) is 0 Å². The molecule has 5 heteroatoms. The van der Waals surface area contributed by atoms with E-state index in [1.165, 1.54) is 12.7 Å². The van der Waals surface area contributed by atoms with Crippen LogP contribution in [0.2, 0.25) is 5.02 Å². The Morgan fingerprint density at radius 2 is 2.05 bits per heavy atom. The second-order valence-electron chi connectivity index (χ2n) is 5.04. The minimum absolute atomic E-state index is 0.117. The van der Waals surface area contributed by atoms with Crippen LogP contribution in [0.5, 0.6) is 0 Å². The number of methoxy groups -OCH3 is 1. The maximum atomic E-state index is 11.3. The Hall–Kier alpha value is -1.26. The van der Waals surface area contributed by atoms with Crippen LogP contribution >= 0.6 is 11.6 Å². The quantitative estimate of drug-likeness (QED) is 0.906. The standard InChI is InChI=1S/C14H19ClN2O2/c1-17-8-11(10-3-5-12(15)6-4-10)7-13(9-17)16-14(18)19-2/h3-6,11,13H,7-9H2,1-2H3,(H,16,18). The van der Waals surface area contributed by atoms with Crippen molar-refractivity contribution in [3.05, 3.63) is 34.9 Å². The second-order valence-corrected chi connectivity index (χ2v) is 5.47. The van der Waals surface area contributed by atoms with Gasteiger partial charge < -0.3 is 15.0 Å². The van der Waals surface area contributed by atoms with E-state index in [1.807, 2.05) is 12.1 Å². The highest BCUT2D eigenvalue weighted by atomic mass is 35.5. The lowest BCUT2D eigenvalue weighted by atomic mass is 9.88. The molecule has 0 spiro atoms. The molecule has 1 aromatic carbocycles. The fourth-order valence-corrected chi connectivity index (χ4v) is 2.75. The number of amides is 1. The number of benzene rings is 1. The molecule has 2 rings (SSSR count). The lowest BCUT2D eigenvalue weighted by molar-refractivity contribution is 0.150. The Labute approximate surface area is 118 Å². The molecular formula is C14H19ClN2O2. The predicted octanol–water partition coefficient (Wildman–Crippen LogP) is 2.48. The predicted molar refractivity (Wildman–Crippen MR) is 75.6 cm³/mol. The van der Waals surface area contributed by atoms with Gasteiger partial charge in [0.15, 0.2) is 0 Å². The highest BCUT2D eigenvalue weighted by Crippen LogP contribution is 2.27. The summed E-state index contributed by atoms with van der Waals surface area (Å²) in [6.07, 6.45) is 0.552. The fourth-order valence-electron chi connectivity index (χ4n) is 2.63. The van der Waals surface area contributed by atoms with Gasteiger partial charge in [0.05, 0.1) is 7.11 Å². The molecule has 1 aliphatic heterocycles. The molecule has 0 bridgehead atoms. The van der Waals surface area contributed by atoms with Gasteiger partial charge in [-0.15, -0.1) is 0 Å². The lowest BCUT2D eigenvalue weighted by Crippen LogP contribution is -2.48. The molecule has 1 amide bonds. The molecule has 2 atom stereocenters. The third-order valence-electron chi connectivity index (χ3n) is 3.48. The number of halogens is 1. The molecule has 1 aliphatic rings. The van der Waals surface area contributed by atoms with Crippen LogP contribution in [0.4, 0.5) is 4.79 Å². The zero-order valence-electron chi connectivity index (χ0n) is 11.2. The van der Waals surface area contributed by atoms with Crippen LogP contribution in [0.1, 0.15) is 17.9 Å². The molecule has 1 heterocycles. The summed E-state index contributed by atoms with van der Waals surface area (Å²) in [5.74, 6) is 0.401. The number of carbonyl (C=O) groups excluding carboxylic acids is 1. The molecule has 1 N–H and O–H groups in total. The van der Waals surface area contributed by atoms with E-state index in [0.717, 1.165) is 24.5 Å². The summed E-state index contributed by atoms with van der Waals surface area (Å²) in [6.45, 7) is 1.83. The van der Waals surface area contributed by atoms with Crippen molar-refractivity contribution in [2.45, 2.75) is 18.4 Å². The molecule has 0 radical (unpaired) electrons. The first kappa shape index (κ1) is 14.2. The normalized spacial score (nSPS) is 23.9. The highest BCUT2D eigenvalue weighted by Gasteiger charge is 2.27. The number of likely N-dealkylation sites (N-methyl/N-ethyl adjacent to an activating group) is 1. The number of hydrogen-bond acceptors (Lipinski definition) is 3. The molecule has 1 fully saturated rings. The van der Waals surface area contributed by atoms with Gasteiger partial charge in [0.2, 0.25) is 0 Å². The Bertz CT molecular complexity index is 436. The summed E-state index contributed by atoms with van der Waals surface area (Å²) in [5, 5.41) is 3.63. The number of carbonyl (C=O) groups is 1. The number of rotatable bonds is 2. The van der Waals surface area contributed by atoms with Crippen molar-refractivity contribution >= 4 is 17.7 Å². The van der Waals surface area contributed by atoms with Crippen LogP contribution in [0, 0.1) is 0 Å². The Kier molecular flexibility index (Phi) is 4.66. The first-order valence-electron chi connectivity index (χ1n) is 6.37. The number of alkyl carbamates (subject to hydrolysis) is 1. The van der Waals surface area contributed by atoms with Crippen LogP contribution in [-0.2, 0) is 4.74 Å². The summed E-state index contributed by atoms with van der Waals surface area (Å²) in [6, 6.07) is 8.05. The summed E-state index contributed by atoms with van der Waals surface area (Å²) in [5.41, 5.74) is 1.26.